The van der Waals surface area contributed by atoms with E-state index in [9.17, 15) is 0 Å². The number of hydrogen-bond donors (Lipinski definition) is 0. The molecule has 4 heteroatoms. The Hall–Kier alpha value is 0.860. The van der Waals surface area contributed by atoms with Crippen molar-refractivity contribution in [3.05, 3.63) is 64.2 Å². The van der Waals surface area contributed by atoms with Gasteiger partial charge in [0.25, 0.3) is 0 Å². The quantitative estimate of drug-likeness (QED) is 0.507. The molecule has 1 saturated heterocycles. The van der Waals surface area contributed by atoms with Crippen LogP contribution in [0.2, 0.25) is 18.1 Å². The van der Waals surface area contributed by atoms with E-state index in [4.69, 9.17) is 4.74 Å². The predicted molar refractivity (Wildman–Crippen MR) is 103 cm³/mol. The molecule has 1 heterocycles. The normalized spacial score (nSPS) is 20.1. The van der Waals surface area contributed by atoms with Crippen LogP contribution in [0.4, 0.5) is 0 Å². The third kappa shape index (κ3) is 14.1. The third-order valence-corrected chi connectivity index (χ3v) is 12.4. The largest absolute Gasteiger partial charge is 0.0312 e. The van der Waals surface area contributed by atoms with E-state index in [1.165, 1.54) is 37.4 Å². The molecular formula is C20H33NOSiZr+2. The van der Waals surface area contributed by atoms with Gasteiger partial charge in [0.1, 0.15) is 0 Å². The van der Waals surface area contributed by atoms with Crippen LogP contribution in [-0.4, -0.2) is 21.4 Å². The van der Waals surface area contributed by atoms with E-state index >= 15 is 0 Å². The van der Waals surface area contributed by atoms with Crippen molar-refractivity contribution in [1.82, 2.24) is 0 Å². The maximum Gasteiger partial charge on any atom is -0.0312 e. The summed E-state index contributed by atoms with van der Waals surface area (Å²) in [4.78, 5) is 0. The number of rotatable bonds is 1. The molecule has 130 valence electrons. The van der Waals surface area contributed by atoms with E-state index in [0.717, 1.165) is 13.2 Å². The monoisotopic (exact) mass is 421 g/mol. The summed E-state index contributed by atoms with van der Waals surface area (Å²) in [6, 6.07) is 0. The second-order valence-electron chi connectivity index (χ2n) is 7.16. The van der Waals surface area contributed by atoms with E-state index in [1.54, 1.807) is 0 Å². The van der Waals surface area contributed by atoms with Crippen LogP contribution in [0, 0.1) is 64.2 Å². The van der Waals surface area contributed by atoms with Crippen molar-refractivity contribution in [2.45, 2.75) is 51.7 Å². The summed E-state index contributed by atoms with van der Waals surface area (Å²) in [5.74, 6) is 0. The van der Waals surface area contributed by atoms with Crippen molar-refractivity contribution < 1.29 is 29.3 Å². The second kappa shape index (κ2) is 15.0. The molecule has 3 aliphatic rings. The van der Waals surface area contributed by atoms with Gasteiger partial charge in [-0.3, -0.25) is 0 Å². The van der Waals surface area contributed by atoms with Crippen molar-refractivity contribution in [3.63, 3.8) is 0 Å². The molecular weight excluding hydrogens is 390 g/mol. The van der Waals surface area contributed by atoms with Gasteiger partial charge in [0, 0.05) is 13.2 Å². The Morgan fingerprint density at radius 3 is 1.12 bits per heavy atom. The minimum atomic E-state index is -1.21. The summed E-state index contributed by atoms with van der Waals surface area (Å²) in [6.45, 7) is 13.5. The van der Waals surface area contributed by atoms with Gasteiger partial charge in [-0.2, -0.15) is 0 Å². The van der Waals surface area contributed by atoms with Crippen molar-refractivity contribution >= 4 is 8.24 Å². The SMILES string of the molecule is C1CCOC1.CC(C)(C)[Si](C)(C)[N]=[Zr+2].[CH]1[CH][CH][CH][CH]1.[CH]1[CH][CH][CH][CH]1. The van der Waals surface area contributed by atoms with Crippen molar-refractivity contribution in [1.29, 1.82) is 0 Å². The van der Waals surface area contributed by atoms with E-state index in [-0.39, 0.29) is 0 Å². The zero-order valence-corrected chi connectivity index (χ0v) is 19.4. The summed E-state index contributed by atoms with van der Waals surface area (Å²) >= 11 is 1.34. The van der Waals surface area contributed by atoms with Gasteiger partial charge in [0.05, 0.1) is 0 Å². The number of ether oxygens (including phenoxy) is 1. The maximum absolute atomic E-state index is 4.94. The van der Waals surface area contributed by atoms with Gasteiger partial charge >= 0.3 is 74.2 Å². The van der Waals surface area contributed by atoms with Gasteiger partial charge in [-0.1, -0.05) is 0 Å². The molecule has 3 rings (SSSR count). The Labute approximate surface area is 168 Å². The molecule has 10 radical (unpaired) electrons. The fraction of sp³-hybridized carbons (Fsp3) is 0.500. The molecule has 0 atom stereocenters. The molecule has 2 nitrogen and oxygen atoms in total. The second-order valence-corrected chi connectivity index (χ2v) is 13.7. The molecule has 2 saturated carbocycles. The molecule has 0 aromatic carbocycles. The standard InChI is InChI=1S/C6H15NSi.2C5H5.C4H8O.Zr/c1-6(2,3)8(4,5)7;3*1-2-4-5-3-1;/h1-5H3;2*1-5H;1-4H2;/q;;;;+2. The molecule has 1 aliphatic heterocycles. The summed E-state index contributed by atoms with van der Waals surface area (Å²) < 4.78 is 9.46. The molecule has 2 aliphatic carbocycles. The third-order valence-electron chi connectivity index (χ3n) is 4.05. The van der Waals surface area contributed by atoms with Crippen LogP contribution in [0.1, 0.15) is 33.6 Å². The van der Waals surface area contributed by atoms with E-state index < -0.39 is 8.24 Å². The molecule has 0 amide bonds. The fourth-order valence-electron chi connectivity index (χ4n) is 1.32. The van der Waals surface area contributed by atoms with Crippen LogP contribution in [0.5, 0.6) is 0 Å². The minimum Gasteiger partial charge on any atom is -0.0312 e. The first kappa shape index (κ1) is 24.9. The molecule has 0 bridgehead atoms. The molecule has 0 unspecified atom stereocenters. The van der Waals surface area contributed by atoms with Crippen molar-refractivity contribution in [2.75, 3.05) is 13.2 Å². The number of nitrogens with zero attached hydrogens (tertiary/aromatic N) is 1. The summed E-state index contributed by atoms with van der Waals surface area (Å²) in [7, 11) is -1.21. The Morgan fingerprint density at radius 2 is 1.04 bits per heavy atom. The molecule has 3 fully saturated rings. The summed E-state index contributed by atoms with van der Waals surface area (Å²) in [6.07, 6.45) is 22.6. The van der Waals surface area contributed by atoms with Gasteiger partial charge in [-0.15, -0.1) is 0 Å². The van der Waals surface area contributed by atoms with Gasteiger partial charge in [0.2, 0.25) is 0 Å². The topological polar surface area (TPSA) is 21.6 Å². The molecule has 0 spiro atoms. The van der Waals surface area contributed by atoms with Crippen molar-refractivity contribution in [2.24, 2.45) is 2.54 Å². The first-order valence-electron chi connectivity index (χ1n) is 8.61. The first-order chi connectivity index (χ1) is 11.3. The van der Waals surface area contributed by atoms with Crippen LogP contribution in [-0.2, 0) is 29.3 Å². The molecule has 0 aromatic rings. The Balaban J connectivity index is 0.000000304. The molecule has 0 N–H and O–H groups in total. The average molecular weight is 423 g/mol. The van der Waals surface area contributed by atoms with Crippen LogP contribution >= 0.6 is 0 Å². The maximum atomic E-state index is 4.94. The smallest absolute Gasteiger partial charge is 0.0312 e. The zero-order valence-electron chi connectivity index (χ0n) is 16.0. The summed E-state index contributed by atoms with van der Waals surface area (Å²) in [5, 5.41) is 0.441. The van der Waals surface area contributed by atoms with Gasteiger partial charge in [-0.25, -0.2) is 0 Å². The van der Waals surface area contributed by atoms with E-state index in [0.29, 0.717) is 5.04 Å². The summed E-state index contributed by atoms with van der Waals surface area (Å²) in [5.41, 5.74) is 0. The average Bonchev–Trinajstić information content (AvgIpc) is 3.35. The Morgan fingerprint density at radius 1 is 0.750 bits per heavy atom. The van der Waals surface area contributed by atoms with Gasteiger partial charge in [-0.05, 0) is 77.0 Å². The van der Waals surface area contributed by atoms with E-state index in [1.807, 2.05) is 64.2 Å². The first-order valence-corrected chi connectivity index (χ1v) is 12.7. The Bertz CT molecular complexity index is 244. The minimum absolute atomic E-state index is 0.441. The van der Waals surface area contributed by atoms with Crippen LogP contribution in [0.25, 0.3) is 0 Å². The zero-order chi connectivity index (χ0) is 18.3. The van der Waals surface area contributed by atoms with Gasteiger partial charge in [0.15, 0.2) is 0 Å². The van der Waals surface area contributed by atoms with Crippen LogP contribution in [0.15, 0.2) is 2.54 Å². The van der Waals surface area contributed by atoms with Gasteiger partial charge < -0.3 is 4.74 Å². The van der Waals surface area contributed by atoms with E-state index in [2.05, 4.69) is 36.4 Å². The van der Waals surface area contributed by atoms with Crippen molar-refractivity contribution in [3.8, 4) is 0 Å². The number of hydrogen-bond acceptors (Lipinski definition) is 2. The van der Waals surface area contributed by atoms with Crippen LogP contribution in [0.3, 0.4) is 0 Å². The fourth-order valence-corrected chi connectivity index (χ4v) is 4.13. The predicted octanol–water partition coefficient (Wildman–Crippen LogP) is 5.56. The Kier molecular flexibility index (Phi) is 15.5. The molecule has 24 heavy (non-hydrogen) atoms. The molecule has 0 aromatic heterocycles. The van der Waals surface area contributed by atoms with Crippen LogP contribution < -0.4 is 0 Å².